The quantitative estimate of drug-likeness (QED) is 0.322. The van der Waals surface area contributed by atoms with E-state index in [2.05, 4.69) is 26.6 Å². The Hall–Kier alpha value is -4.41. The normalized spacial score (nSPS) is 21.7. The second-order valence-corrected chi connectivity index (χ2v) is 11.7. The van der Waals surface area contributed by atoms with Crippen molar-refractivity contribution in [3.63, 3.8) is 0 Å². The molecule has 0 spiro atoms. The molecule has 0 radical (unpaired) electrons. The van der Waals surface area contributed by atoms with E-state index >= 15 is 0 Å². The molecule has 1 heterocycles. The van der Waals surface area contributed by atoms with Crippen LogP contribution in [0, 0.1) is 5.92 Å². The van der Waals surface area contributed by atoms with Crippen LogP contribution in [-0.4, -0.2) is 66.4 Å². The van der Waals surface area contributed by atoms with Crippen LogP contribution in [0.4, 0.5) is 0 Å². The Kier molecular flexibility index (Phi) is 11.7. The van der Waals surface area contributed by atoms with Gasteiger partial charge in [-0.25, -0.2) is 0 Å². The van der Waals surface area contributed by atoms with E-state index in [0.29, 0.717) is 13.0 Å². The van der Waals surface area contributed by atoms with Crippen LogP contribution in [0.25, 0.3) is 0 Å². The van der Waals surface area contributed by atoms with Gasteiger partial charge in [-0.05, 0) is 57.2 Å². The fourth-order valence-electron chi connectivity index (χ4n) is 4.58. The van der Waals surface area contributed by atoms with Crippen molar-refractivity contribution in [3.8, 4) is 5.75 Å². The first kappa shape index (κ1) is 33.1. The molecule has 0 saturated heterocycles. The molecule has 0 aromatic heterocycles. The van der Waals surface area contributed by atoms with E-state index < -0.39 is 59.6 Å². The summed E-state index contributed by atoms with van der Waals surface area (Å²) in [4.78, 5) is 66.1. The molecule has 2 aromatic rings. The number of aryl methyl sites for hydroxylation is 1. The lowest BCUT2D eigenvalue weighted by Crippen LogP contribution is -2.61. The van der Waals surface area contributed by atoms with E-state index in [1.165, 1.54) is 13.8 Å². The summed E-state index contributed by atoms with van der Waals surface area (Å²) in [6, 6.07) is 13.8. The number of hydrogen-bond acceptors (Lipinski definition) is 6. The maximum absolute atomic E-state index is 13.4. The lowest BCUT2D eigenvalue weighted by molar-refractivity contribution is -0.136. The highest BCUT2D eigenvalue weighted by atomic mass is 16.5. The molecular weight excluding hydrogens is 550 g/mol. The summed E-state index contributed by atoms with van der Waals surface area (Å²) in [6.45, 7) is 8.75. The van der Waals surface area contributed by atoms with Crippen molar-refractivity contribution in [3.05, 3.63) is 65.7 Å². The maximum Gasteiger partial charge on any atom is 0.255 e. The Morgan fingerprint density at radius 2 is 1.65 bits per heavy atom. The van der Waals surface area contributed by atoms with Crippen LogP contribution in [0.3, 0.4) is 0 Å². The minimum Gasteiger partial charge on any atom is -0.491 e. The summed E-state index contributed by atoms with van der Waals surface area (Å²) >= 11 is 0. The molecule has 11 heteroatoms. The fourth-order valence-corrected chi connectivity index (χ4v) is 4.58. The van der Waals surface area contributed by atoms with Gasteiger partial charge in [0.15, 0.2) is 0 Å². The zero-order chi connectivity index (χ0) is 31.6. The summed E-state index contributed by atoms with van der Waals surface area (Å²) in [5.41, 5.74) is -0.113. The van der Waals surface area contributed by atoms with Crippen LogP contribution < -0.4 is 31.3 Å². The molecule has 0 bridgehead atoms. The average molecular weight is 594 g/mol. The number of ether oxygens (including phenoxy) is 1. The number of para-hydroxylation sites is 1. The molecule has 0 aliphatic carbocycles. The molecular formula is C32H43N5O6. The summed E-state index contributed by atoms with van der Waals surface area (Å²) in [6.07, 6.45) is 0.995. The smallest absolute Gasteiger partial charge is 0.255 e. The van der Waals surface area contributed by atoms with Gasteiger partial charge in [0.25, 0.3) is 5.91 Å². The predicted molar refractivity (Wildman–Crippen MR) is 162 cm³/mol. The zero-order valence-electron chi connectivity index (χ0n) is 25.5. The molecule has 232 valence electrons. The van der Waals surface area contributed by atoms with E-state index in [0.717, 1.165) is 12.0 Å². The number of fused-ring (bicyclic) bond motifs is 1. The molecule has 5 amide bonds. The minimum atomic E-state index is -1.42. The Labute approximate surface area is 252 Å². The van der Waals surface area contributed by atoms with Gasteiger partial charge in [0, 0.05) is 6.54 Å². The largest absolute Gasteiger partial charge is 0.491 e. The van der Waals surface area contributed by atoms with Crippen molar-refractivity contribution >= 4 is 29.5 Å². The van der Waals surface area contributed by atoms with Crippen molar-refractivity contribution in [2.75, 3.05) is 13.2 Å². The lowest BCUT2D eigenvalue weighted by Gasteiger charge is -2.30. The van der Waals surface area contributed by atoms with E-state index in [4.69, 9.17) is 4.74 Å². The predicted octanol–water partition coefficient (Wildman–Crippen LogP) is 1.86. The van der Waals surface area contributed by atoms with Gasteiger partial charge in [-0.15, -0.1) is 0 Å². The number of nitrogens with one attached hydrogen (secondary N) is 5. The standard InChI is InChI=1S/C32H43N5O6/c1-20(2)27-30(41)34-21(3)19-43-25-16-10-9-15-23(25)28(39)35-24(18-26(38)37-32(4,5)31(42)36-27)29(40)33-17-11-14-22-12-7-6-8-13-22/h6-10,12-13,15-16,20-21,24,27H,11,14,17-19H2,1-5H3,(H,33,40)(H,34,41)(H,35,39)(H,36,42)(H,37,38)/t21-,24-,27+/m0/s1. The fraction of sp³-hybridized carbons (Fsp3) is 0.469. The third-order valence-electron chi connectivity index (χ3n) is 7.06. The summed E-state index contributed by atoms with van der Waals surface area (Å²) in [5, 5.41) is 13.7. The first-order valence-corrected chi connectivity index (χ1v) is 14.6. The van der Waals surface area contributed by atoms with Crippen LogP contribution in [0.2, 0.25) is 0 Å². The van der Waals surface area contributed by atoms with E-state index in [9.17, 15) is 24.0 Å². The number of carbonyl (C=O) groups is 5. The number of benzene rings is 2. The molecule has 3 atom stereocenters. The Balaban J connectivity index is 1.84. The third-order valence-corrected chi connectivity index (χ3v) is 7.06. The minimum absolute atomic E-state index is 0.0473. The molecule has 0 saturated carbocycles. The van der Waals surface area contributed by atoms with E-state index in [1.807, 2.05) is 30.3 Å². The molecule has 11 nitrogen and oxygen atoms in total. The molecule has 0 fully saturated rings. The highest BCUT2D eigenvalue weighted by Crippen LogP contribution is 2.19. The molecule has 5 N–H and O–H groups in total. The van der Waals surface area contributed by atoms with Gasteiger partial charge in [-0.2, -0.15) is 0 Å². The third kappa shape index (κ3) is 9.83. The van der Waals surface area contributed by atoms with Gasteiger partial charge in [0.1, 0.15) is 30.0 Å². The van der Waals surface area contributed by atoms with E-state index in [-0.39, 0.29) is 23.8 Å². The summed E-state index contributed by atoms with van der Waals surface area (Å²) < 4.78 is 5.89. The number of rotatable bonds is 6. The summed E-state index contributed by atoms with van der Waals surface area (Å²) in [7, 11) is 0. The van der Waals surface area contributed by atoms with E-state index in [1.54, 1.807) is 45.0 Å². The molecule has 1 aliphatic heterocycles. The van der Waals surface area contributed by atoms with Crippen molar-refractivity contribution in [1.29, 1.82) is 0 Å². The molecule has 0 unspecified atom stereocenters. The highest BCUT2D eigenvalue weighted by Gasteiger charge is 2.36. The van der Waals surface area contributed by atoms with Crippen molar-refractivity contribution < 1.29 is 28.7 Å². The maximum atomic E-state index is 13.4. The molecule has 2 aromatic carbocycles. The second-order valence-electron chi connectivity index (χ2n) is 11.7. The second kappa shape index (κ2) is 15.2. The number of carbonyl (C=O) groups excluding carboxylic acids is 5. The zero-order valence-corrected chi connectivity index (χ0v) is 25.5. The van der Waals surface area contributed by atoms with Crippen LogP contribution in [0.1, 0.15) is 63.4 Å². The summed E-state index contributed by atoms with van der Waals surface area (Å²) in [5.74, 6) is -2.72. The lowest BCUT2D eigenvalue weighted by atomic mass is 9.98. The highest BCUT2D eigenvalue weighted by molar-refractivity contribution is 6.01. The van der Waals surface area contributed by atoms with Gasteiger partial charge in [-0.3, -0.25) is 24.0 Å². The van der Waals surface area contributed by atoms with Gasteiger partial charge >= 0.3 is 0 Å². The SMILES string of the molecule is CC(C)[C@H]1NC(=O)C(C)(C)NC(=O)C[C@@H](C(=O)NCCCc2ccccc2)NC(=O)c2ccccc2OC[C@H](C)NC1=O. The Morgan fingerprint density at radius 1 is 0.977 bits per heavy atom. The van der Waals surface area contributed by atoms with Crippen LogP contribution in [-0.2, 0) is 25.6 Å². The first-order chi connectivity index (χ1) is 20.4. The number of hydrogen-bond donors (Lipinski definition) is 5. The van der Waals surface area contributed by atoms with Crippen LogP contribution in [0.5, 0.6) is 5.75 Å². The van der Waals surface area contributed by atoms with Gasteiger partial charge in [0.05, 0.1) is 18.0 Å². The van der Waals surface area contributed by atoms with Crippen molar-refractivity contribution in [2.24, 2.45) is 5.92 Å². The van der Waals surface area contributed by atoms with Crippen LogP contribution in [0.15, 0.2) is 54.6 Å². The van der Waals surface area contributed by atoms with Crippen molar-refractivity contribution in [2.45, 2.75) is 77.5 Å². The molecule has 43 heavy (non-hydrogen) atoms. The molecule has 1 aliphatic rings. The van der Waals surface area contributed by atoms with Gasteiger partial charge in [-0.1, -0.05) is 56.3 Å². The van der Waals surface area contributed by atoms with Gasteiger partial charge in [0.2, 0.25) is 23.6 Å². The van der Waals surface area contributed by atoms with Gasteiger partial charge < -0.3 is 31.3 Å². The number of amides is 5. The first-order valence-electron chi connectivity index (χ1n) is 14.6. The average Bonchev–Trinajstić information content (AvgIpc) is 2.96. The van der Waals surface area contributed by atoms with Crippen LogP contribution >= 0.6 is 0 Å². The molecule has 3 rings (SSSR count). The monoisotopic (exact) mass is 593 g/mol. The Bertz CT molecular complexity index is 1300. The topological polar surface area (TPSA) is 155 Å². The Morgan fingerprint density at radius 3 is 2.35 bits per heavy atom. The van der Waals surface area contributed by atoms with Crippen molar-refractivity contribution in [1.82, 2.24) is 26.6 Å².